The summed E-state index contributed by atoms with van der Waals surface area (Å²) < 4.78 is 0. The minimum Gasteiger partial charge on any atom is -0.348 e. The molecule has 1 aliphatic rings. The molecule has 1 aromatic carbocycles. The molecule has 1 amide bonds. The first kappa shape index (κ1) is 10.2. The van der Waals surface area contributed by atoms with Crippen LogP contribution >= 0.6 is 0 Å². The SMILES string of the molecule is O=C(NC1CCCNC1)c1ccccc1. The van der Waals surface area contributed by atoms with Gasteiger partial charge in [-0.15, -0.1) is 0 Å². The molecule has 1 unspecified atom stereocenters. The average molecular weight is 204 g/mol. The Morgan fingerprint density at radius 3 is 2.80 bits per heavy atom. The standard InChI is InChI=1S/C12H16N2O/c15-12(10-5-2-1-3-6-10)14-11-7-4-8-13-9-11/h1-3,5-6,11,13H,4,7-9H2,(H,14,15). The highest BCUT2D eigenvalue weighted by Gasteiger charge is 2.15. The van der Waals surface area contributed by atoms with Crippen LogP contribution in [0.2, 0.25) is 0 Å². The van der Waals surface area contributed by atoms with Crippen LogP contribution in [0.15, 0.2) is 30.3 Å². The van der Waals surface area contributed by atoms with E-state index in [1.165, 1.54) is 0 Å². The van der Waals surface area contributed by atoms with Crippen molar-refractivity contribution in [3.8, 4) is 0 Å². The zero-order valence-electron chi connectivity index (χ0n) is 8.70. The predicted molar refractivity (Wildman–Crippen MR) is 59.8 cm³/mol. The Morgan fingerprint density at radius 1 is 1.33 bits per heavy atom. The summed E-state index contributed by atoms with van der Waals surface area (Å²) in [5, 5.41) is 6.31. The molecule has 3 heteroatoms. The molecule has 1 heterocycles. The molecule has 1 atom stereocenters. The van der Waals surface area contributed by atoms with Gasteiger partial charge in [-0.05, 0) is 31.5 Å². The van der Waals surface area contributed by atoms with E-state index in [9.17, 15) is 4.79 Å². The van der Waals surface area contributed by atoms with Gasteiger partial charge in [-0.3, -0.25) is 4.79 Å². The van der Waals surface area contributed by atoms with Crippen molar-refractivity contribution < 1.29 is 4.79 Å². The molecule has 1 fully saturated rings. The van der Waals surface area contributed by atoms with Gasteiger partial charge in [-0.1, -0.05) is 18.2 Å². The monoisotopic (exact) mass is 204 g/mol. The first-order chi connectivity index (χ1) is 7.36. The minimum atomic E-state index is 0.0318. The van der Waals surface area contributed by atoms with Crippen LogP contribution in [0.25, 0.3) is 0 Å². The fraction of sp³-hybridized carbons (Fsp3) is 0.417. The van der Waals surface area contributed by atoms with Gasteiger partial charge in [0.15, 0.2) is 0 Å². The molecular weight excluding hydrogens is 188 g/mol. The molecule has 0 bridgehead atoms. The largest absolute Gasteiger partial charge is 0.348 e. The Bertz CT molecular complexity index is 318. The summed E-state index contributed by atoms with van der Waals surface area (Å²) in [7, 11) is 0. The first-order valence-corrected chi connectivity index (χ1v) is 5.43. The van der Waals surface area contributed by atoms with Gasteiger partial charge in [0.05, 0.1) is 0 Å². The summed E-state index contributed by atoms with van der Waals surface area (Å²) in [5.74, 6) is 0.0318. The number of piperidine rings is 1. The number of nitrogens with one attached hydrogen (secondary N) is 2. The zero-order chi connectivity index (χ0) is 10.5. The topological polar surface area (TPSA) is 41.1 Å². The number of hydrogen-bond acceptors (Lipinski definition) is 2. The summed E-state index contributed by atoms with van der Waals surface area (Å²) in [6, 6.07) is 9.64. The van der Waals surface area contributed by atoms with Gasteiger partial charge in [0.1, 0.15) is 0 Å². The lowest BCUT2D eigenvalue weighted by Crippen LogP contribution is -2.45. The van der Waals surface area contributed by atoms with Gasteiger partial charge in [0.25, 0.3) is 5.91 Å². The van der Waals surface area contributed by atoms with Gasteiger partial charge in [-0.2, -0.15) is 0 Å². The van der Waals surface area contributed by atoms with E-state index in [1.54, 1.807) is 0 Å². The quantitative estimate of drug-likeness (QED) is 0.759. The van der Waals surface area contributed by atoms with E-state index in [4.69, 9.17) is 0 Å². The molecule has 0 aliphatic carbocycles. The van der Waals surface area contributed by atoms with Crippen LogP contribution in [-0.4, -0.2) is 25.0 Å². The maximum absolute atomic E-state index is 11.8. The van der Waals surface area contributed by atoms with E-state index in [1.807, 2.05) is 30.3 Å². The van der Waals surface area contributed by atoms with Crippen LogP contribution in [-0.2, 0) is 0 Å². The van der Waals surface area contributed by atoms with Crippen LogP contribution in [0, 0.1) is 0 Å². The van der Waals surface area contributed by atoms with Gasteiger partial charge in [0, 0.05) is 18.2 Å². The second-order valence-corrected chi connectivity index (χ2v) is 3.88. The van der Waals surface area contributed by atoms with E-state index < -0.39 is 0 Å². The molecule has 0 aromatic heterocycles. The average Bonchev–Trinajstić information content (AvgIpc) is 2.31. The maximum atomic E-state index is 11.8. The van der Waals surface area contributed by atoms with Crippen molar-refractivity contribution >= 4 is 5.91 Å². The van der Waals surface area contributed by atoms with E-state index in [0.717, 1.165) is 31.5 Å². The highest BCUT2D eigenvalue weighted by Crippen LogP contribution is 2.04. The van der Waals surface area contributed by atoms with Crippen LogP contribution in [0.5, 0.6) is 0 Å². The van der Waals surface area contributed by atoms with E-state index >= 15 is 0 Å². The third kappa shape index (κ3) is 2.80. The van der Waals surface area contributed by atoms with Gasteiger partial charge < -0.3 is 10.6 Å². The Morgan fingerprint density at radius 2 is 2.13 bits per heavy atom. The smallest absolute Gasteiger partial charge is 0.251 e. The zero-order valence-corrected chi connectivity index (χ0v) is 8.70. The molecule has 1 aromatic rings. The Labute approximate surface area is 89.9 Å². The molecule has 2 N–H and O–H groups in total. The number of benzene rings is 1. The van der Waals surface area contributed by atoms with Crippen molar-refractivity contribution in [2.75, 3.05) is 13.1 Å². The van der Waals surface area contributed by atoms with Crippen molar-refractivity contribution in [1.29, 1.82) is 0 Å². The molecule has 80 valence electrons. The number of carbonyl (C=O) groups is 1. The summed E-state index contributed by atoms with van der Waals surface area (Å²) in [5.41, 5.74) is 0.739. The number of hydrogen-bond donors (Lipinski definition) is 2. The number of amides is 1. The maximum Gasteiger partial charge on any atom is 0.251 e. The van der Waals surface area contributed by atoms with Crippen molar-refractivity contribution in [2.24, 2.45) is 0 Å². The second-order valence-electron chi connectivity index (χ2n) is 3.88. The molecular formula is C12H16N2O. The van der Waals surface area contributed by atoms with E-state index in [2.05, 4.69) is 10.6 Å². The molecule has 0 saturated carbocycles. The number of carbonyl (C=O) groups excluding carboxylic acids is 1. The Kier molecular flexibility index (Phi) is 3.35. The van der Waals surface area contributed by atoms with Crippen LogP contribution in [0.3, 0.4) is 0 Å². The molecule has 0 radical (unpaired) electrons. The lowest BCUT2D eigenvalue weighted by atomic mass is 10.1. The number of rotatable bonds is 2. The van der Waals surface area contributed by atoms with Crippen LogP contribution in [0.1, 0.15) is 23.2 Å². The second kappa shape index (κ2) is 4.94. The Balaban J connectivity index is 1.91. The molecule has 3 nitrogen and oxygen atoms in total. The van der Waals surface area contributed by atoms with Crippen molar-refractivity contribution in [3.63, 3.8) is 0 Å². The lowest BCUT2D eigenvalue weighted by molar-refractivity contribution is 0.0930. The van der Waals surface area contributed by atoms with Crippen molar-refractivity contribution in [3.05, 3.63) is 35.9 Å². The lowest BCUT2D eigenvalue weighted by Gasteiger charge is -2.23. The van der Waals surface area contributed by atoms with Gasteiger partial charge in [-0.25, -0.2) is 0 Å². The third-order valence-electron chi connectivity index (χ3n) is 2.67. The molecule has 1 aliphatic heterocycles. The van der Waals surface area contributed by atoms with Crippen LogP contribution < -0.4 is 10.6 Å². The van der Waals surface area contributed by atoms with E-state index in [0.29, 0.717) is 0 Å². The van der Waals surface area contributed by atoms with Crippen LogP contribution in [0.4, 0.5) is 0 Å². The highest BCUT2D eigenvalue weighted by atomic mass is 16.1. The summed E-state index contributed by atoms with van der Waals surface area (Å²) in [4.78, 5) is 11.8. The van der Waals surface area contributed by atoms with Gasteiger partial charge >= 0.3 is 0 Å². The third-order valence-corrected chi connectivity index (χ3v) is 2.67. The molecule has 2 rings (SSSR count). The molecule has 0 spiro atoms. The summed E-state index contributed by atoms with van der Waals surface area (Å²) in [6.07, 6.45) is 2.21. The fourth-order valence-electron chi connectivity index (χ4n) is 1.83. The molecule has 1 saturated heterocycles. The molecule has 15 heavy (non-hydrogen) atoms. The highest BCUT2D eigenvalue weighted by molar-refractivity contribution is 5.94. The van der Waals surface area contributed by atoms with Gasteiger partial charge in [0.2, 0.25) is 0 Å². The fourth-order valence-corrected chi connectivity index (χ4v) is 1.83. The normalized spacial score (nSPS) is 20.9. The summed E-state index contributed by atoms with van der Waals surface area (Å²) >= 11 is 0. The Hall–Kier alpha value is -1.35. The summed E-state index contributed by atoms with van der Waals surface area (Å²) in [6.45, 7) is 1.95. The first-order valence-electron chi connectivity index (χ1n) is 5.43. The van der Waals surface area contributed by atoms with E-state index in [-0.39, 0.29) is 11.9 Å². The van der Waals surface area contributed by atoms with Crippen molar-refractivity contribution in [1.82, 2.24) is 10.6 Å². The predicted octanol–water partition coefficient (Wildman–Crippen LogP) is 1.17. The minimum absolute atomic E-state index is 0.0318. The van der Waals surface area contributed by atoms with Crippen molar-refractivity contribution in [2.45, 2.75) is 18.9 Å².